The Morgan fingerprint density at radius 3 is 2.79 bits per heavy atom. The molecule has 0 saturated heterocycles. The van der Waals surface area contributed by atoms with E-state index in [0.717, 1.165) is 0 Å². The van der Waals surface area contributed by atoms with Crippen LogP contribution in [0.15, 0.2) is 30.3 Å². The van der Waals surface area contributed by atoms with Crippen molar-refractivity contribution >= 4 is 5.97 Å². The SMILES string of the molecule is CCOC(=O)[C@@H]1[CH+][C@@H]1c1ccccc1. The van der Waals surface area contributed by atoms with Crippen LogP contribution in [0.3, 0.4) is 0 Å². The first-order chi connectivity index (χ1) is 6.83. The Morgan fingerprint density at radius 2 is 2.14 bits per heavy atom. The fourth-order valence-corrected chi connectivity index (χ4v) is 1.62. The second-order valence-corrected chi connectivity index (χ2v) is 3.41. The number of ether oxygens (including phenoxy) is 1. The molecular formula is C12H13O2+. The van der Waals surface area contributed by atoms with Crippen molar-refractivity contribution in [2.24, 2.45) is 5.92 Å². The first kappa shape index (κ1) is 9.13. The average molecular weight is 189 g/mol. The quantitative estimate of drug-likeness (QED) is 0.538. The topological polar surface area (TPSA) is 26.3 Å². The van der Waals surface area contributed by atoms with Crippen molar-refractivity contribution in [3.05, 3.63) is 42.3 Å². The van der Waals surface area contributed by atoms with Gasteiger partial charge in [-0.25, -0.2) is 4.79 Å². The molecule has 2 nitrogen and oxygen atoms in total. The molecule has 0 spiro atoms. The van der Waals surface area contributed by atoms with Crippen molar-refractivity contribution in [2.75, 3.05) is 6.61 Å². The highest BCUT2D eigenvalue weighted by Gasteiger charge is 2.58. The maximum atomic E-state index is 11.3. The van der Waals surface area contributed by atoms with Crippen LogP contribution >= 0.6 is 0 Å². The zero-order valence-electron chi connectivity index (χ0n) is 8.14. The third-order valence-electron chi connectivity index (χ3n) is 2.40. The highest BCUT2D eigenvalue weighted by atomic mass is 16.5. The summed E-state index contributed by atoms with van der Waals surface area (Å²) in [6.07, 6.45) is 2.02. The van der Waals surface area contributed by atoms with Gasteiger partial charge < -0.3 is 4.74 Å². The van der Waals surface area contributed by atoms with Crippen molar-refractivity contribution in [1.82, 2.24) is 0 Å². The van der Waals surface area contributed by atoms with Crippen LogP contribution in [0.5, 0.6) is 0 Å². The van der Waals surface area contributed by atoms with Crippen molar-refractivity contribution in [1.29, 1.82) is 0 Å². The third-order valence-corrected chi connectivity index (χ3v) is 2.40. The normalized spacial score (nSPS) is 23.8. The molecular weight excluding hydrogens is 176 g/mol. The largest absolute Gasteiger partial charge is 0.462 e. The zero-order chi connectivity index (χ0) is 9.97. The molecule has 1 fully saturated rings. The fraction of sp³-hybridized carbons (Fsp3) is 0.333. The molecule has 72 valence electrons. The second-order valence-electron chi connectivity index (χ2n) is 3.41. The molecule has 2 atom stereocenters. The van der Waals surface area contributed by atoms with Crippen molar-refractivity contribution in [2.45, 2.75) is 12.8 Å². The first-order valence-electron chi connectivity index (χ1n) is 4.89. The van der Waals surface area contributed by atoms with E-state index in [1.807, 2.05) is 43.7 Å². The summed E-state index contributed by atoms with van der Waals surface area (Å²) >= 11 is 0. The van der Waals surface area contributed by atoms with Crippen LogP contribution in [-0.4, -0.2) is 12.6 Å². The van der Waals surface area contributed by atoms with Gasteiger partial charge in [0.2, 0.25) is 5.92 Å². The van der Waals surface area contributed by atoms with Gasteiger partial charge in [0.05, 0.1) is 6.61 Å². The summed E-state index contributed by atoms with van der Waals surface area (Å²) in [6.45, 7) is 2.29. The predicted molar refractivity (Wildman–Crippen MR) is 53.6 cm³/mol. The van der Waals surface area contributed by atoms with Crippen LogP contribution in [0, 0.1) is 12.3 Å². The van der Waals surface area contributed by atoms with Gasteiger partial charge in [-0.15, -0.1) is 0 Å². The lowest BCUT2D eigenvalue weighted by Crippen LogP contribution is -2.07. The summed E-state index contributed by atoms with van der Waals surface area (Å²) in [5.41, 5.74) is 1.20. The molecule has 0 bridgehead atoms. The molecule has 0 aliphatic heterocycles. The van der Waals surface area contributed by atoms with Crippen molar-refractivity contribution in [3.63, 3.8) is 0 Å². The van der Waals surface area contributed by atoms with Crippen LogP contribution < -0.4 is 0 Å². The van der Waals surface area contributed by atoms with E-state index < -0.39 is 0 Å². The Bertz CT molecular complexity index is 318. The van der Waals surface area contributed by atoms with E-state index >= 15 is 0 Å². The minimum atomic E-state index is -0.0960. The van der Waals surface area contributed by atoms with E-state index in [1.54, 1.807) is 0 Å². The monoisotopic (exact) mass is 189 g/mol. The molecule has 2 heteroatoms. The van der Waals surface area contributed by atoms with Crippen LogP contribution in [-0.2, 0) is 9.53 Å². The van der Waals surface area contributed by atoms with Crippen LogP contribution in [0.25, 0.3) is 0 Å². The van der Waals surface area contributed by atoms with E-state index in [2.05, 4.69) is 0 Å². The Kier molecular flexibility index (Phi) is 2.44. The van der Waals surface area contributed by atoms with Crippen LogP contribution in [0.1, 0.15) is 18.4 Å². The summed E-state index contributed by atoms with van der Waals surface area (Å²) in [4.78, 5) is 11.3. The van der Waals surface area contributed by atoms with Gasteiger partial charge in [0.25, 0.3) is 0 Å². The molecule has 1 aromatic rings. The minimum Gasteiger partial charge on any atom is -0.462 e. The molecule has 0 heterocycles. The molecule has 14 heavy (non-hydrogen) atoms. The number of rotatable bonds is 3. The highest BCUT2D eigenvalue weighted by molar-refractivity contribution is 5.80. The summed E-state index contributed by atoms with van der Waals surface area (Å²) in [7, 11) is 0. The van der Waals surface area contributed by atoms with Crippen molar-refractivity contribution < 1.29 is 9.53 Å². The second kappa shape index (κ2) is 3.74. The number of carbonyl (C=O) groups is 1. The molecule has 0 amide bonds. The molecule has 1 aromatic carbocycles. The van der Waals surface area contributed by atoms with Gasteiger partial charge in [-0.05, 0) is 6.92 Å². The molecule has 0 unspecified atom stereocenters. The summed E-state index contributed by atoms with van der Waals surface area (Å²) in [5, 5.41) is 0. The summed E-state index contributed by atoms with van der Waals surface area (Å²) in [5.74, 6) is 0.161. The molecule has 2 rings (SSSR count). The number of esters is 1. The van der Waals surface area contributed by atoms with E-state index in [0.29, 0.717) is 6.61 Å². The smallest absolute Gasteiger partial charge is 0.359 e. The van der Waals surface area contributed by atoms with Gasteiger partial charge >= 0.3 is 5.97 Å². The molecule has 0 aromatic heterocycles. The predicted octanol–water partition coefficient (Wildman–Crippen LogP) is 2.17. The van der Waals surface area contributed by atoms with Gasteiger partial charge in [-0.2, -0.15) is 0 Å². The summed E-state index contributed by atoms with van der Waals surface area (Å²) in [6, 6.07) is 10.0. The standard InChI is InChI=1S/C12H13O2/c1-2-14-12(13)11-8-10(11)9-6-4-3-5-7-9/h3-8,10-11H,2H2,1H3/q+1/t10-,11-/m1/s1. The van der Waals surface area contributed by atoms with E-state index in [4.69, 9.17) is 4.74 Å². The van der Waals surface area contributed by atoms with Crippen molar-refractivity contribution in [3.8, 4) is 0 Å². The van der Waals surface area contributed by atoms with E-state index in [9.17, 15) is 4.79 Å². The fourth-order valence-electron chi connectivity index (χ4n) is 1.62. The van der Waals surface area contributed by atoms with Gasteiger partial charge in [-0.3, -0.25) is 0 Å². The van der Waals surface area contributed by atoms with E-state index in [-0.39, 0.29) is 17.8 Å². The minimum absolute atomic E-state index is 0.0163. The molecule has 0 N–H and O–H groups in total. The molecule has 1 saturated carbocycles. The number of hydrogen-bond acceptors (Lipinski definition) is 2. The summed E-state index contributed by atoms with van der Waals surface area (Å²) < 4.78 is 4.95. The molecule has 0 radical (unpaired) electrons. The maximum absolute atomic E-state index is 11.3. The molecule has 1 aliphatic rings. The average Bonchev–Trinajstić information content (AvgIpc) is 2.99. The maximum Gasteiger partial charge on any atom is 0.359 e. The lowest BCUT2D eigenvalue weighted by atomic mass is 10.1. The first-order valence-corrected chi connectivity index (χ1v) is 4.89. The van der Waals surface area contributed by atoms with Crippen LogP contribution in [0.2, 0.25) is 0 Å². The van der Waals surface area contributed by atoms with Gasteiger partial charge in [0.1, 0.15) is 6.42 Å². The number of hydrogen-bond donors (Lipinski definition) is 0. The van der Waals surface area contributed by atoms with E-state index in [1.165, 1.54) is 5.56 Å². The Balaban J connectivity index is 1.96. The zero-order valence-corrected chi connectivity index (χ0v) is 8.14. The highest BCUT2D eigenvalue weighted by Crippen LogP contribution is 2.46. The lowest BCUT2D eigenvalue weighted by molar-refractivity contribution is -0.144. The van der Waals surface area contributed by atoms with Gasteiger partial charge in [-0.1, -0.05) is 30.3 Å². The lowest BCUT2D eigenvalue weighted by Gasteiger charge is -1.95. The Labute approximate surface area is 83.9 Å². The molecule has 1 aliphatic carbocycles. The Hall–Kier alpha value is -1.44. The third kappa shape index (κ3) is 1.74. The number of benzene rings is 1. The van der Waals surface area contributed by atoms with Crippen LogP contribution in [0.4, 0.5) is 0 Å². The van der Waals surface area contributed by atoms with Gasteiger partial charge in [0.15, 0.2) is 5.92 Å². The number of carbonyl (C=O) groups excluding carboxylic acids is 1. The Morgan fingerprint density at radius 1 is 1.43 bits per heavy atom. The van der Waals surface area contributed by atoms with Gasteiger partial charge in [0, 0.05) is 5.56 Å².